The van der Waals surface area contributed by atoms with Crippen molar-refractivity contribution in [3.8, 4) is 0 Å². The van der Waals surface area contributed by atoms with Crippen LogP contribution in [0.5, 0.6) is 0 Å². The van der Waals surface area contributed by atoms with Crippen LogP contribution in [0.2, 0.25) is 0 Å². The topological polar surface area (TPSA) is 127 Å². The first kappa shape index (κ1) is 18.2. The third-order valence-electron chi connectivity index (χ3n) is 3.53. The van der Waals surface area contributed by atoms with Gasteiger partial charge in [-0.25, -0.2) is 8.42 Å². The second-order valence-corrected chi connectivity index (χ2v) is 9.97. The van der Waals surface area contributed by atoms with E-state index in [9.17, 15) is 18.0 Å². The first-order valence-electron chi connectivity index (χ1n) is 6.51. The highest BCUT2D eigenvalue weighted by Crippen LogP contribution is 2.28. The molecular weight excluding hydrogens is 316 g/mol. The first-order valence-corrected chi connectivity index (χ1v) is 9.31. The Bertz CT molecular complexity index is 532. The predicted octanol–water partition coefficient (Wildman–Crippen LogP) is -0.396. The van der Waals surface area contributed by atoms with Crippen molar-refractivity contribution in [2.45, 2.75) is 43.5 Å². The molecule has 0 bridgehead atoms. The van der Waals surface area contributed by atoms with Crippen molar-refractivity contribution in [3.63, 3.8) is 0 Å². The van der Waals surface area contributed by atoms with Crippen LogP contribution >= 0.6 is 11.8 Å². The third-order valence-corrected chi connectivity index (χ3v) is 6.84. The van der Waals surface area contributed by atoms with Gasteiger partial charge in [0.25, 0.3) is 0 Å². The summed E-state index contributed by atoms with van der Waals surface area (Å²) in [5, 5.41) is 11.6. The van der Waals surface area contributed by atoms with Crippen molar-refractivity contribution < 1.29 is 23.1 Å². The molecule has 1 fully saturated rings. The van der Waals surface area contributed by atoms with Gasteiger partial charge in [-0.05, 0) is 27.2 Å². The molecule has 21 heavy (non-hydrogen) atoms. The first-order chi connectivity index (χ1) is 9.37. The molecule has 2 atom stereocenters. The average Bonchev–Trinajstić information content (AvgIpc) is 2.59. The molecule has 0 radical (unpaired) electrons. The number of rotatable bonds is 6. The van der Waals surface area contributed by atoms with Crippen molar-refractivity contribution in [2.75, 3.05) is 17.3 Å². The quantitative estimate of drug-likeness (QED) is 0.601. The number of carboxylic acids is 1. The summed E-state index contributed by atoms with van der Waals surface area (Å²) in [6, 6.07) is -1.09. The summed E-state index contributed by atoms with van der Waals surface area (Å²) in [6.45, 7) is 5.02. The number of nitrogens with one attached hydrogen (secondary N) is 1. The van der Waals surface area contributed by atoms with Crippen LogP contribution in [0.3, 0.4) is 0 Å². The molecule has 1 heterocycles. The molecule has 1 unspecified atom stereocenters. The molecule has 122 valence electrons. The number of sulfone groups is 1. The van der Waals surface area contributed by atoms with E-state index in [2.05, 4.69) is 5.32 Å². The van der Waals surface area contributed by atoms with Gasteiger partial charge in [0, 0.05) is 4.75 Å². The van der Waals surface area contributed by atoms with E-state index in [0.717, 1.165) is 11.8 Å². The maximum atomic E-state index is 11.9. The Hall–Kier alpha value is -0.800. The minimum Gasteiger partial charge on any atom is -0.480 e. The summed E-state index contributed by atoms with van der Waals surface area (Å²) in [6.07, 6.45) is 0.393. The Morgan fingerprint density at radius 2 is 2.05 bits per heavy atom. The lowest BCUT2D eigenvalue weighted by molar-refractivity contribution is -0.139. The van der Waals surface area contributed by atoms with Gasteiger partial charge in [-0.3, -0.25) is 9.59 Å². The van der Waals surface area contributed by atoms with Gasteiger partial charge in [-0.1, -0.05) is 0 Å². The van der Waals surface area contributed by atoms with Crippen molar-refractivity contribution in [3.05, 3.63) is 0 Å². The Balaban J connectivity index is 2.54. The van der Waals surface area contributed by atoms with Gasteiger partial charge in [0.05, 0.1) is 22.8 Å². The van der Waals surface area contributed by atoms with Crippen LogP contribution in [-0.2, 0) is 19.4 Å². The molecule has 1 saturated heterocycles. The highest BCUT2D eigenvalue weighted by Gasteiger charge is 2.40. The molecule has 0 aromatic carbocycles. The van der Waals surface area contributed by atoms with Gasteiger partial charge in [0.2, 0.25) is 5.91 Å². The van der Waals surface area contributed by atoms with E-state index in [1.165, 1.54) is 0 Å². The fourth-order valence-electron chi connectivity index (χ4n) is 2.12. The monoisotopic (exact) mass is 338 g/mol. The number of hydrogen-bond donors (Lipinski definition) is 3. The zero-order valence-electron chi connectivity index (χ0n) is 12.4. The molecule has 9 heteroatoms. The van der Waals surface area contributed by atoms with Crippen LogP contribution in [0.15, 0.2) is 0 Å². The SMILES string of the molecule is CC1(NC(=O)CSC(C)(C)[C@@H](N)C(=O)O)CCS(=O)(=O)C1. The number of carbonyl (C=O) groups is 2. The predicted molar refractivity (Wildman–Crippen MR) is 82.0 cm³/mol. The molecule has 0 aromatic rings. The van der Waals surface area contributed by atoms with Gasteiger partial charge in [0.15, 0.2) is 9.84 Å². The summed E-state index contributed by atoms with van der Waals surface area (Å²) in [5.41, 5.74) is 4.83. The molecule has 1 aliphatic heterocycles. The van der Waals surface area contributed by atoms with E-state index in [0.29, 0.717) is 6.42 Å². The molecule has 1 amide bonds. The lowest BCUT2D eigenvalue weighted by Crippen LogP contribution is -2.50. The van der Waals surface area contributed by atoms with Crippen LogP contribution in [0, 0.1) is 0 Å². The molecule has 7 nitrogen and oxygen atoms in total. The fourth-order valence-corrected chi connectivity index (χ4v) is 5.07. The highest BCUT2D eigenvalue weighted by atomic mass is 32.2. The Morgan fingerprint density at radius 1 is 1.48 bits per heavy atom. The summed E-state index contributed by atoms with van der Waals surface area (Å²) >= 11 is 1.14. The van der Waals surface area contributed by atoms with Gasteiger partial charge < -0.3 is 16.2 Å². The number of nitrogens with two attached hydrogens (primary N) is 1. The van der Waals surface area contributed by atoms with Crippen LogP contribution < -0.4 is 11.1 Å². The van der Waals surface area contributed by atoms with Crippen molar-refractivity contribution >= 4 is 33.5 Å². The van der Waals surface area contributed by atoms with Crippen LogP contribution in [-0.4, -0.2) is 59.0 Å². The summed E-state index contributed by atoms with van der Waals surface area (Å²) < 4.78 is 22.1. The van der Waals surface area contributed by atoms with Crippen molar-refractivity contribution in [1.82, 2.24) is 5.32 Å². The lowest BCUT2D eigenvalue weighted by Gasteiger charge is -2.29. The van der Waals surface area contributed by atoms with E-state index in [-0.39, 0.29) is 23.2 Å². The Kier molecular flexibility index (Phi) is 5.33. The Morgan fingerprint density at radius 3 is 2.48 bits per heavy atom. The van der Waals surface area contributed by atoms with Gasteiger partial charge in [-0.2, -0.15) is 0 Å². The van der Waals surface area contributed by atoms with E-state index in [1.807, 2.05) is 0 Å². The van der Waals surface area contributed by atoms with E-state index >= 15 is 0 Å². The minimum absolute atomic E-state index is 0.0314. The third kappa shape index (κ3) is 5.15. The van der Waals surface area contributed by atoms with Gasteiger partial charge >= 0.3 is 5.97 Å². The largest absolute Gasteiger partial charge is 0.480 e. The zero-order valence-corrected chi connectivity index (χ0v) is 14.0. The molecule has 0 aliphatic carbocycles. The van der Waals surface area contributed by atoms with Crippen molar-refractivity contribution in [2.24, 2.45) is 5.73 Å². The molecule has 0 spiro atoms. The summed E-state index contributed by atoms with van der Waals surface area (Å²) in [7, 11) is -3.09. The number of carboxylic acid groups (broad SMARTS) is 1. The van der Waals surface area contributed by atoms with Gasteiger partial charge in [0.1, 0.15) is 6.04 Å². The lowest BCUT2D eigenvalue weighted by atomic mass is 10.0. The summed E-state index contributed by atoms with van der Waals surface area (Å²) in [5.74, 6) is -1.39. The number of thioether (sulfide) groups is 1. The van der Waals surface area contributed by atoms with Crippen LogP contribution in [0.1, 0.15) is 27.2 Å². The zero-order chi connectivity index (χ0) is 16.5. The Labute approximate surface area is 129 Å². The molecule has 1 aliphatic rings. The molecular formula is C12H22N2O5S2. The standard InChI is InChI=1S/C12H22N2O5S2/c1-11(2,9(13)10(16)17)20-6-8(15)14-12(3)4-5-21(18,19)7-12/h9H,4-7,13H2,1-3H3,(H,14,15)(H,16,17)/t9-,12?/m0/s1. The number of hydrogen-bond acceptors (Lipinski definition) is 6. The molecule has 0 saturated carbocycles. The maximum absolute atomic E-state index is 11.9. The number of carbonyl (C=O) groups excluding carboxylic acids is 1. The normalized spacial score (nSPS) is 26.3. The number of amides is 1. The van der Waals surface area contributed by atoms with Crippen molar-refractivity contribution in [1.29, 1.82) is 0 Å². The second kappa shape index (κ2) is 6.13. The van der Waals surface area contributed by atoms with Crippen LogP contribution in [0.25, 0.3) is 0 Å². The van der Waals surface area contributed by atoms with E-state index < -0.39 is 32.1 Å². The average molecular weight is 338 g/mol. The fraction of sp³-hybridized carbons (Fsp3) is 0.833. The van der Waals surface area contributed by atoms with Gasteiger partial charge in [-0.15, -0.1) is 11.8 Å². The minimum atomic E-state index is -3.09. The second-order valence-electron chi connectivity index (χ2n) is 6.16. The smallest absolute Gasteiger partial charge is 0.321 e. The van der Waals surface area contributed by atoms with Crippen LogP contribution in [0.4, 0.5) is 0 Å². The molecule has 4 N–H and O–H groups in total. The maximum Gasteiger partial charge on any atom is 0.321 e. The molecule has 0 aromatic heterocycles. The molecule has 1 rings (SSSR count). The summed E-state index contributed by atoms with van der Waals surface area (Å²) in [4.78, 5) is 22.8. The number of aliphatic carboxylic acids is 1. The van der Waals surface area contributed by atoms with E-state index in [4.69, 9.17) is 10.8 Å². The van der Waals surface area contributed by atoms with E-state index in [1.54, 1.807) is 20.8 Å². The highest BCUT2D eigenvalue weighted by molar-refractivity contribution is 8.01.